The fourth-order valence-corrected chi connectivity index (χ4v) is 3.97. The first-order chi connectivity index (χ1) is 9.72. The molecule has 0 unspecified atom stereocenters. The Morgan fingerprint density at radius 3 is 2.60 bits per heavy atom. The second kappa shape index (κ2) is 7.99. The summed E-state index contributed by atoms with van der Waals surface area (Å²) >= 11 is 1.87. The molecule has 0 aromatic carbocycles. The third kappa shape index (κ3) is 4.19. The number of nitrogens with zero attached hydrogens (tertiary/aromatic N) is 2. The molecule has 1 fully saturated rings. The van der Waals surface area contributed by atoms with E-state index in [2.05, 4.69) is 31.1 Å². The zero-order valence-electron chi connectivity index (χ0n) is 13.2. The van der Waals surface area contributed by atoms with Crippen LogP contribution in [-0.2, 0) is 6.54 Å². The van der Waals surface area contributed by atoms with E-state index in [1.165, 1.54) is 60.6 Å². The molecule has 0 bridgehead atoms. The van der Waals surface area contributed by atoms with Gasteiger partial charge in [-0.1, -0.05) is 32.6 Å². The highest BCUT2D eigenvalue weighted by Gasteiger charge is 2.20. The Morgan fingerprint density at radius 1 is 1.25 bits per heavy atom. The van der Waals surface area contributed by atoms with Gasteiger partial charge < -0.3 is 10.2 Å². The molecular weight excluding hydrogens is 266 g/mol. The highest BCUT2D eigenvalue weighted by atomic mass is 32.1. The summed E-state index contributed by atoms with van der Waals surface area (Å²) in [5.74, 6) is 0. The van der Waals surface area contributed by atoms with Gasteiger partial charge in [0.15, 0.2) is 5.13 Å². The molecule has 0 amide bonds. The van der Waals surface area contributed by atoms with Crippen LogP contribution in [0.25, 0.3) is 0 Å². The first-order valence-corrected chi connectivity index (χ1v) is 8.94. The number of anilines is 1. The minimum Gasteiger partial charge on any atom is -0.348 e. The van der Waals surface area contributed by atoms with E-state index in [9.17, 15) is 0 Å². The van der Waals surface area contributed by atoms with Crippen molar-refractivity contribution in [1.82, 2.24) is 10.3 Å². The molecule has 0 aliphatic heterocycles. The molecule has 1 saturated carbocycles. The smallest absolute Gasteiger partial charge is 0.185 e. The molecule has 0 radical (unpaired) electrons. The van der Waals surface area contributed by atoms with Crippen molar-refractivity contribution in [1.29, 1.82) is 0 Å². The lowest BCUT2D eigenvalue weighted by atomic mass is 10.1. The van der Waals surface area contributed by atoms with Gasteiger partial charge in [0.2, 0.25) is 0 Å². The Hall–Kier alpha value is -0.610. The molecule has 0 atom stereocenters. The average molecular weight is 295 g/mol. The molecule has 20 heavy (non-hydrogen) atoms. The van der Waals surface area contributed by atoms with Crippen LogP contribution in [-0.4, -0.2) is 24.6 Å². The first kappa shape index (κ1) is 15.8. The number of aromatic nitrogens is 1. The van der Waals surface area contributed by atoms with Crippen molar-refractivity contribution >= 4 is 16.5 Å². The summed E-state index contributed by atoms with van der Waals surface area (Å²) in [5.41, 5.74) is 1.20. The van der Waals surface area contributed by atoms with Gasteiger partial charge in [-0.25, -0.2) is 4.98 Å². The van der Waals surface area contributed by atoms with Crippen molar-refractivity contribution in [2.45, 2.75) is 71.4 Å². The zero-order chi connectivity index (χ0) is 14.4. The van der Waals surface area contributed by atoms with E-state index in [0.29, 0.717) is 6.04 Å². The van der Waals surface area contributed by atoms with Gasteiger partial charge in [0.1, 0.15) is 0 Å². The molecule has 0 saturated heterocycles. The Balaban J connectivity index is 1.98. The maximum absolute atomic E-state index is 4.80. The maximum atomic E-state index is 4.80. The second-order valence-electron chi connectivity index (χ2n) is 5.94. The fourth-order valence-electron chi connectivity index (χ4n) is 2.91. The SMILES string of the molecule is CCCNCc1sc(N(C)C2CCCCCC2)nc1C. The van der Waals surface area contributed by atoms with Crippen LogP contribution >= 0.6 is 11.3 Å². The number of nitrogens with one attached hydrogen (secondary N) is 1. The van der Waals surface area contributed by atoms with Crippen LogP contribution < -0.4 is 10.2 Å². The minimum atomic E-state index is 0.694. The molecule has 0 spiro atoms. The van der Waals surface area contributed by atoms with Gasteiger partial charge in [0.05, 0.1) is 5.69 Å². The van der Waals surface area contributed by atoms with Crippen LogP contribution in [0.4, 0.5) is 5.13 Å². The number of thiazole rings is 1. The lowest BCUT2D eigenvalue weighted by Gasteiger charge is -2.26. The number of rotatable bonds is 6. The molecule has 3 nitrogen and oxygen atoms in total. The van der Waals surface area contributed by atoms with Gasteiger partial charge in [0, 0.05) is 24.5 Å². The molecular formula is C16H29N3S. The Bertz CT molecular complexity index is 394. The monoisotopic (exact) mass is 295 g/mol. The van der Waals surface area contributed by atoms with Crippen LogP contribution in [0.3, 0.4) is 0 Å². The molecule has 1 heterocycles. The van der Waals surface area contributed by atoms with E-state index in [0.717, 1.165) is 13.1 Å². The van der Waals surface area contributed by atoms with E-state index in [1.54, 1.807) is 0 Å². The van der Waals surface area contributed by atoms with E-state index >= 15 is 0 Å². The van der Waals surface area contributed by atoms with Crippen LogP contribution in [0, 0.1) is 6.92 Å². The first-order valence-electron chi connectivity index (χ1n) is 8.12. The predicted octanol–water partition coefficient (Wildman–Crippen LogP) is 4.11. The zero-order valence-corrected chi connectivity index (χ0v) is 14.1. The highest BCUT2D eigenvalue weighted by molar-refractivity contribution is 7.15. The summed E-state index contributed by atoms with van der Waals surface area (Å²) in [6.07, 6.45) is 9.43. The average Bonchev–Trinajstić information content (AvgIpc) is 2.67. The predicted molar refractivity (Wildman–Crippen MR) is 88.7 cm³/mol. The lowest BCUT2D eigenvalue weighted by molar-refractivity contribution is 0.552. The van der Waals surface area contributed by atoms with Gasteiger partial charge in [-0.05, 0) is 32.7 Å². The Kier molecular flexibility index (Phi) is 6.30. The normalized spacial score (nSPS) is 17.1. The largest absolute Gasteiger partial charge is 0.348 e. The molecule has 1 aromatic heterocycles. The van der Waals surface area contributed by atoms with Crippen molar-refractivity contribution in [3.63, 3.8) is 0 Å². The summed E-state index contributed by atoms with van der Waals surface area (Å²) in [6.45, 7) is 6.41. The lowest BCUT2D eigenvalue weighted by Crippen LogP contribution is -2.30. The summed E-state index contributed by atoms with van der Waals surface area (Å²) in [4.78, 5) is 8.63. The van der Waals surface area contributed by atoms with E-state index in [1.807, 2.05) is 11.3 Å². The van der Waals surface area contributed by atoms with Crippen molar-refractivity contribution < 1.29 is 0 Å². The van der Waals surface area contributed by atoms with Gasteiger partial charge in [-0.15, -0.1) is 11.3 Å². The highest BCUT2D eigenvalue weighted by Crippen LogP contribution is 2.30. The van der Waals surface area contributed by atoms with Gasteiger partial charge in [-0.3, -0.25) is 0 Å². The van der Waals surface area contributed by atoms with E-state index < -0.39 is 0 Å². The minimum absolute atomic E-state index is 0.694. The molecule has 114 valence electrons. The molecule has 2 rings (SSSR count). The van der Waals surface area contributed by atoms with Crippen molar-refractivity contribution in [2.75, 3.05) is 18.5 Å². The maximum Gasteiger partial charge on any atom is 0.185 e. The third-order valence-electron chi connectivity index (χ3n) is 4.27. The summed E-state index contributed by atoms with van der Waals surface area (Å²) in [7, 11) is 2.23. The topological polar surface area (TPSA) is 28.2 Å². The van der Waals surface area contributed by atoms with Crippen molar-refractivity contribution in [3.8, 4) is 0 Å². The van der Waals surface area contributed by atoms with Crippen molar-refractivity contribution in [2.24, 2.45) is 0 Å². The van der Waals surface area contributed by atoms with Gasteiger partial charge in [0.25, 0.3) is 0 Å². The van der Waals surface area contributed by atoms with Crippen LogP contribution in [0.2, 0.25) is 0 Å². The van der Waals surface area contributed by atoms with Gasteiger partial charge in [-0.2, -0.15) is 0 Å². The van der Waals surface area contributed by atoms with Crippen molar-refractivity contribution in [3.05, 3.63) is 10.6 Å². The van der Waals surface area contributed by atoms with Crippen LogP contribution in [0.1, 0.15) is 62.4 Å². The van der Waals surface area contributed by atoms with E-state index in [-0.39, 0.29) is 0 Å². The quantitative estimate of drug-likeness (QED) is 0.632. The third-order valence-corrected chi connectivity index (χ3v) is 5.52. The molecule has 1 N–H and O–H groups in total. The molecule has 1 aliphatic carbocycles. The number of hydrogen-bond acceptors (Lipinski definition) is 4. The summed E-state index contributed by atoms with van der Waals surface area (Å²) < 4.78 is 0. The van der Waals surface area contributed by atoms with Crippen LogP contribution in [0.15, 0.2) is 0 Å². The summed E-state index contributed by atoms with van der Waals surface area (Å²) in [6, 6.07) is 0.694. The standard InChI is InChI=1S/C16H29N3S/c1-4-11-17-12-15-13(2)18-16(20-15)19(3)14-9-7-5-6-8-10-14/h14,17H,4-12H2,1-3H3. The fraction of sp³-hybridized carbons (Fsp3) is 0.812. The molecule has 1 aliphatic rings. The second-order valence-corrected chi connectivity index (χ2v) is 7.00. The number of aryl methyl sites for hydroxylation is 1. The summed E-state index contributed by atoms with van der Waals surface area (Å²) in [5, 5.41) is 4.70. The molecule has 4 heteroatoms. The Morgan fingerprint density at radius 2 is 1.95 bits per heavy atom. The van der Waals surface area contributed by atoms with Crippen LogP contribution in [0.5, 0.6) is 0 Å². The Labute approximate surface area is 127 Å². The van der Waals surface area contributed by atoms with Gasteiger partial charge >= 0.3 is 0 Å². The number of hydrogen-bond donors (Lipinski definition) is 1. The van der Waals surface area contributed by atoms with E-state index in [4.69, 9.17) is 4.98 Å². The molecule has 1 aromatic rings.